The van der Waals surface area contributed by atoms with Gasteiger partial charge >= 0.3 is 0 Å². The summed E-state index contributed by atoms with van der Waals surface area (Å²) in [7, 11) is 0. The molecule has 0 amide bonds. The molecule has 9 heteroatoms. The molecule has 1 saturated carbocycles. The highest BCUT2D eigenvalue weighted by molar-refractivity contribution is 5.93. The second-order valence-electron chi connectivity index (χ2n) is 7.55. The number of nitrogens with one attached hydrogen (secondary N) is 2. The van der Waals surface area contributed by atoms with Crippen LogP contribution in [0.3, 0.4) is 0 Å². The molecule has 2 heterocycles. The smallest absolute Gasteiger partial charge is 0.164 e. The van der Waals surface area contributed by atoms with Crippen molar-refractivity contribution < 1.29 is 13.9 Å². The molecule has 0 spiro atoms. The van der Waals surface area contributed by atoms with E-state index in [0.717, 1.165) is 24.7 Å². The minimum absolute atomic E-state index is 0.294. The molecule has 4 N–H and O–H groups in total. The minimum atomic E-state index is -0.527. The molecule has 0 radical (unpaired) electrons. The number of carbonyl (C=O) groups is 1. The fourth-order valence-corrected chi connectivity index (χ4v) is 3.57. The first kappa shape index (κ1) is 19.7. The summed E-state index contributed by atoms with van der Waals surface area (Å²) in [4.78, 5) is 20.0. The summed E-state index contributed by atoms with van der Waals surface area (Å²) in [6, 6.07) is 11.6. The number of rotatable bonds is 7. The fraction of sp³-hybridized carbons (Fsp3) is 0.130. The normalized spacial score (nSPS) is 14.0. The van der Waals surface area contributed by atoms with Crippen LogP contribution in [0.15, 0.2) is 61.1 Å². The first-order valence-electron chi connectivity index (χ1n) is 9.99. The third-order valence-corrected chi connectivity index (χ3v) is 5.41. The number of H-pyrrole nitrogens is 1. The molecule has 1 fully saturated rings. The number of hydrogen-bond acceptors (Lipinski definition) is 7. The van der Waals surface area contributed by atoms with Crippen LogP contribution < -0.4 is 15.8 Å². The lowest BCUT2D eigenvalue weighted by atomic mass is 10.1. The first-order chi connectivity index (χ1) is 15.6. The van der Waals surface area contributed by atoms with Crippen molar-refractivity contribution >= 4 is 23.6 Å². The van der Waals surface area contributed by atoms with E-state index in [0.29, 0.717) is 39.9 Å². The molecule has 0 unspecified atom stereocenters. The summed E-state index contributed by atoms with van der Waals surface area (Å²) in [5.74, 6) is 0.988. The number of nitrogens with zero attached hydrogens (tertiary/aromatic N) is 3. The number of nitrogen functional groups attached to an aromatic ring is 1. The number of benzene rings is 2. The van der Waals surface area contributed by atoms with E-state index in [2.05, 4.69) is 25.5 Å². The Kier molecular flexibility index (Phi) is 4.78. The SMILES string of the molecule is Nc1ccc(-c2[nH]nc(Nc3cnccn3)c2C=O)cc1OC1(c2ccc(F)cc2)CC1. The number of aromatic nitrogens is 4. The Morgan fingerprint density at radius 2 is 1.97 bits per heavy atom. The van der Waals surface area contributed by atoms with Crippen LogP contribution in [0.5, 0.6) is 5.75 Å². The van der Waals surface area contributed by atoms with Gasteiger partial charge in [0.1, 0.15) is 23.0 Å². The first-order valence-corrected chi connectivity index (χ1v) is 9.99. The molecule has 0 aliphatic heterocycles. The summed E-state index contributed by atoms with van der Waals surface area (Å²) in [6.45, 7) is 0. The number of aldehydes is 1. The van der Waals surface area contributed by atoms with Crippen molar-refractivity contribution in [3.05, 3.63) is 78.0 Å². The van der Waals surface area contributed by atoms with Crippen LogP contribution in [0.1, 0.15) is 28.8 Å². The standard InChI is InChI=1S/C23H19FN6O2/c24-16-4-2-15(3-5-16)23(7-8-23)32-19-11-14(1-6-18(19)25)21-17(13-31)22(30-29-21)28-20-12-26-9-10-27-20/h1-6,9-13H,7-8,25H2,(H2,27,28,29,30). The zero-order valence-corrected chi connectivity index (χ0v) is 16.9. The Balaban J connectivity index is 1.45. The Bertz CT molecular complexity index is 1270. The molecule has 0 saturated heterocycles. The van der Waals surface area contributed by atoms with E-state index in [1.807, 2.05) is 0 Å². The van der Waals surface area contributed by atoms with Gasteiger partial charge in [-0.15, -0.1) is 0 Å². The zero-order valence-electron chi connectivity index (χ0n) is 16.9. The van der Waals surface area contributed by atoms with Crippen LogP contribution in [0.2, 0.25) is 0 Å². The minimum Gasteiger partial charge on any atom is -0.480 e. The number of hydrogen-bond donors (Lipinski definition) is 3. The summed E-state index contributed by atoms with van der Waals surface area (Å²) < 4.78 is 19.6. The van der Waals surface area contributed by atoms with E-state index >= 15 is 0 Å². The van der Waals surface area contributed by atoms with Gasteiger partial charge in [0.2, 0.25) is 0 Å². The molecule has 1 aliphatic rings. The quantitative estimate of drug-likeness (QED) is 0.297. The molecule has 0 atom stereocenters. The second kappa shape index (κ2) is 7.77. The molecule has 4 aromatic rings. The van der Waals surface area contributed by atoms with Gasteiger partial charge in [-0.3, -0.25) is 14.9 Å². The zero-order chi connectivity index (χ0) is 22.1. The van der Waals surface area contributed by atoms with Crippen LogP contribution in [0, 0.1) is 5.82 Å². The summed E-state index contributed by atoms with van der Waals surface area (Å²) in [6.07, 6.45) is 6.94. The molecule has 32 heavy (non-hydrogen) atoms. The van der Waals surface area contributed by atoms with Gasteiger partial charge in [0.15, 0.2) is 12.1 Å². The fourth-order valence-electron chi connectivity index (χ4n) is 3.57. The molecule has 0 bridgehead atoms. The molecule has 2 aromatic carbocycles. The van der Waals surface area contributed by atoms with Crippen molar-refractivity contribution in [3.8, 4) is 17.0 Å². The maximum absolute atomic E-state index is 13.3. The third kappa shape index (κ3) is 3.64. The summed E-state index contributed by atoms with van der Waals surface area (Å²) in [5, 5.41) is 10.1. The van der Waals surface area contributed by atoms with Crippen molar-refractivity contribution in [2.75, 3.05) is 11.1 Å². The highest BCUT2D eigenvalue weighted by Crippen LogP contribution is 2.50. The molecular weight excluding hydrogens is 411 g/mol. The predicted molar refractivity (Wildman–Crippen MR) is 117 cm³/mol. The van der Waals surface area contributed by atoms with Crippen LogP contribution >= 0.6 is 0 Å². The van der Waals surface area contributed by atoms with Crippen LogP contribution in [0.25, 0.3) is 11.3 Å². The van der Waals surface area contributed by atoms with E-state index in [9.17, 15) is 9.18 Å². The van der Waals surface area contributed by atoms with Crippen molar-refractivity contribution in [3.63, 3.8) is 0 Å². The number of nitrogens with two attached hydrogens (primary N) is 1. The van der Waals surface area contributed by atoms with E-state index in [-0.39, 0.29) is 5.82 Å². The molecule has 1 aliphatic carbocycles. The van der Waals surface area contributed by atoms with Crippen molar-refractivity contribution in [2.45, 2.75) is 18.4 Å². The maximum atomic E-state index is 13.3. The lowest BCUT2D eigenvalue weighted by Crippen LogP contribution is -2.16. The number of ether oxygens (including phenoxy) is 1. The van der Waals surface area contributed by atoms with Crippen molar-refractivity contribution in [2.24, 2.45) is 0 Å². The summed E-state index contributed by atoms with van der Waals surface area (Å²) >= 11 is 0. The lowest BCUT2D eigenvalue weighted by Gasteiger charge is -2.20. The highest BCUT2D eigenvalue weighted by atomic mass is 19.1. The number of halogens is 1. The van der Waals surface area contributed by atoms with Crippen molar-refractivity contribution in [1.29, 1.82) is 0 Å². The maximum Gasteiger partial charge on any atom is 0.164 e. The monoisotopic (exact) mass is 430 g/mol. The number of aromatic amines is 1. The van der Waals surface area contributed by atoms with Crippen LogP contribution in [0.4, 0.5) is 21.7 Å². The van der Waals surface area contributed by atoms with E-state index in [1.165, 1.54) is 24.5 Å². The second-order valence-corrected chi connectivity index (χ2v) is 7.55. The molecule has 5 rings (SSSR count). The number of anilines is 3. The van der Waals surface area contributed by atoms with Crippen molar-refractivity contribution in [1.82, 2.24) is 20.2 Å². The van der Waals surface area contributed by atoms with Crippen LogP contribution in [-0.4, -0.2) is 26.5 Å². The van der Waals surface area contributed by atoms with E-state index in [1.54, 1.807) is 36.5 Å². The average molecular weight is 430 g/mol. The van der Waals surface area contributed by atoms with Gasteiger partial charge in [0.25, 0.3) is 0 Å². The molecule has 2 aromatic heterocycles. The third-order valence-electron chi connectivity index (χ3n) is 5.41. The molecule has 160 valence electrons. The Morgan fingerprint density at radius 3 is 2.66 bits per heavy atom. The van der Waals surface area contributed by atoms with E-state index in [4.69, 9.17) is 10.5 Å². The average Bonchev–Trinajstić information content (AvgIpc) is 3.48. The van der Waals surface area contributed by atoms with Crippen LogP contribution in [-0.2, 0) is 5.60 Å². The van der Waals surface area contributed by atoms with Gasteiger partial charge in [0, 0.05) is 18.0 Å². The van der Waals surface area contributed by atoms with Gasteiger partial charge < -0.3 is 15.8 Å². The topological polar surface area (TPSA) is 119 Å². The van der Waals surface area contributed by atoms with Gasteiger partial charge in [-0.05, 0) is 42.7 Å². The summed E-state index contributed by atoms with van der Waals surface area (Å²) in [5.41, 5.74) is 8.55. The van der Waals surface area contributed by atoms with Gasteiger partial charge in [0.05, 0.1) is 23.1 Å². The largest absolute Gasteiger partial charge is 0.480 e. The van der Waals surface area contributed by atoms with Gasteiger partial charge in [-0.2, -0.15) is 5.10 Å². The Labute approximate surface area is 182 Å². The molecule has 8 nitrogen and oxygen atoms in total. The number of carbonyl (C=O) groups excluding carboxylic acids is 1. The molecular formula is C23H19FN6O2. The van der Waals surface area contributed by atoms with Gasteiger partial charge in [-0.1, -0.05) is 18.2 Å². The van der Waals surface area contributed by atoms with E-state index < -0.39 is 5.60 Å². The predicted octanol–water partition coefficient (Wildman–Crippen LogP) is 4.21. The lowest BCUT2D eigenvalue weighted by molar-refractivity contribution is 0.112. The van der Waals surface area contributed by atoms with Gasteiger partial charge in [-0.25, -0.2) is 9.37 Å². The Morgan fingerprint density at radius 1 is 1.16 bits per heavy atom. The highest BCUT2D eigenvalue weighted by Gasteiger charge is 2.47. The Hall–Kier alpha value is -4.27.